The van der Waals surface area contributed by atoms with E-state index in [9.17, 15) is 13.2 Å². The molecule has 1 aliphatic heterocycles. The number of fused-ring (bicyclic) bond motifs is 1. The molecule has 0 aliphatic carbocycles. The van der Waals surface area contributed by atoms with Crippen LogP contribution in [0.15, 0.2) is 42.9 Å². The van der Waals surface area contributed by atoms with Crippen LogP contribution < -0.4 is 4.74 Å². The topological polar surface area (TPSA) is 70.7 Å². The van der Waals surface area contributed by atoms with Crippen LogP contribution in [0.1, 0.15) is 47.0 Å². The van der Waals surface area contributed by atoms with Crippen molar-refractivity contribution >= 4 is 0 Å². The molecule has 176 valence electrons. The van der Waals surface area contributed by atoms with Gasteiger partial charge in [0.05, 0.1) is 24.7 Å². The monoisotopic (exact) mass is 468 g/mol. The van der Waals surface area contributed by atoms with E-state index in [1.165, 1.54) is 19.2 Å². The molecule has 0 bridgehead atoms. The number of imidazole rings is 1. The molecule has 10 heteroatoms. The first-order chi connectivity index (χ1) is 16.2. The molecule has 4 aromatic rings. The van der Waals surface area contributed by atoms with Crippen LogP contribution in [-0.4, -0.2) is 36.4 Å². The molecule has 1 aromatic carbocycles. The maximum Gasteiger partial charge on any atom is 0.416 e. The number of pyridine rings is 1. The fraction of sp³-hybridized carbons (Fsp3) is 0.333. The standard InChI is InChI=1S/C24H23F3N6O/c1-14-6-7-16(24(25,26)27)11-18(14)17-5-4-10-33-22(17)30-21(31-33)19-8-9-20(23(29-19)34-3)32-12-15(2)28-13-32/h6-9,11-13,17H,4-5,10H2,1-3H3/t17-/m0/s1. The third-order valence-electron chi connectivity index (χ3n) is 6.11. The second-order valence-corrected chi connectivity index (χ2v) is 8.43. The molecule has 0 fully saturated rings. The third-order valence-corrected chi connectivity index (χ3v) is 6.11. The summed E-state index contributed by atoms with van der Waals surface area (Å²) in [6.07, 6.45) is 0.659. The molecule has 0 spiro atoms. The van der Waals surface area contributed by atoms with E-state index in [0.717, 1.165) is 29.4 Å². The quantitative estimate of drug-likeness (QED) is 0.417. The van der Waals surface area contributed by atoms with Crippen LogP contribution in [-0.2, 0) is 12.7 Å². The predicted molar refractivity (Wildman–Crippen MR) is 119 cm³/mol. The van der Waals surface area contributed by atoms with E-state index in [1.54, 1.807) is 17.1 Å². The van der Waals surface area contributed by atoms with Gasteiger partial charge >= 0.3 is 6.18 Å². The number of hydrogen-bond donors (Lipinski definition) is 0. The van der Waals surface area contributed by atoms with E-state index in [4.69, 9.17) is 9.72 Å². The van der Waals surface area contributed by atoms with Gasteiger partial charge in [0.25, 0.3) is 0 Å². The molecule has 0 amide bonds. The van der Waals surface area contributed by atoms with Crippen LogP contribution in [0, 0.1) is 13.8 Å². The van der Waals surface area contributed by atoms with Crippen LogP contribution >= 0.6 is 0 Å². The van der Waals surface area contributed by atoms with Crippen LogP contribution in [0.4, 0.5) is 13.2 Å². The van der Waals surface area contributed by atoms with Crippen molar-refractivity contribution in [2.75, 3.05) is 7.11 Å². The highest BCUT2D eigenvalue weighted by atomic mass is 19.4. The molecular formula is C24H23F3N6O. The third kappa shape index (κ3) is 3.93. The number of rotatable bonds is 4. The normalized spacial score (nSPS) is 15.9. The lowest BCUT2D eigenvalue weighted by atomic mass is 9.87. The Bertz CT molecular complexity index is 1360. The number of ether oxygens (including phenoxy) is 1. The lowest BCUT2D eigenvalue weighted by molar-refractivity contribution is -0.137. The Balaban J connectivity index is 1.54. The van der Waals surface area contributed by atoms with E-state index >= 15 is 0 Å². The second-order valence-electron chi connectivity index (χ2n) is 8.43. The number of nitrogens with zero attached hydrogens (tertiary/aromatic N) is 6. The molecule has 1 aliphatic rings. The zero-order valence-electron chi connectivity index (χ0n) is 19.0. The zero-order chi connectivity index (χ0) is 24.0. The highest BCUT2D eigenvalue weighted by molar-refractivity contribution is 5.55. The van der Waals surface area contributed by atoms with Crippen LogP contribution in [0.5, 0.6) is 5.88 Å². The summed E-state index contributed by atoms with van der Waals surface area (Å²) in [6, 6.07) is 7.55. The first-order valence-corrected chi connectivity index (χ1v) is 10.9. The Hall–Kier alpha value is -3.69. The van der Waals surface area contributed by atoms with Crippen molar-refractivity contribution in [3.05, 3.63) is 71.1 Å². The van der Waals surface area contributed by atoms with Crippen LogP contribution in [0.25, 0.3) is 17.2 Å². The first-order valence-electron chi connectivity index (χ1n) is 10.9. The van der Waals surface area contributed by atoms with Crippen molar-refractivity contribution < 1.29 is 17.9 Å². The summed E-state index contributed by atoms with van der Waals surface area (Å²) in [7, 11) is 1.54. The largest absolute Gasteiger partial charge is 0.479 e. The van der Waals surface area contributed by atoms with Crippen molar-refractivity contribution in [2.45, 2.75) is 45.3 Å². The summed E-state index contributed by atoms with van der Waals surface area (Å²) in [4.78, 5) is 13.6. The number of halogens is 3. The van der Waals surface area contributed by atoms with Gasteiger partial charge in [-0.05, 0) is 62.1 Å². The van der Waals surface area contributed by atoms with Crippen molar-refractivity contribution in [1.29, 1.82) is 0 Å². The van der Waals surface area contributed by atoms with E-state index in [-0.39, 0.29) is 5.92 Å². The number of aromatic nitrogens is 6. The molecule has 34 heavy (non-hydrogen) atoms. The van der Waals surface area contributed by atoms with Crippen molar-refractivity contribution in [3.8, 4) is 23.1 Å². The second kappa shape index (κ2) is 8.27. The minimum atomic E-state index is -4.40. The molecule has 4 heterocycles. The highest BCUT2D eigenvalue weighted by Crippen LogP contribution is 2.38. The number of methoxy groups -OCH3 is 1. The maximum atomic E-state index is 13.4. The van der Waals surface area contributed by atoms with Gasteiger partial charge in [-0.1, -0.05) is 6.07 Å². The zero-order valence-corrected chi connectivity index (χ0v) is 19.0. The van der Waals surface area contributed by atoms with Gasteiger partial charge in [0.1, 0.15) is 17.2 Å². The SMILES string of the molecule is COc1nc(-c2nc3n(n2)CCC[C@H]3c2cc(C(F)(F)F)ccc2C)ccc1-n1cnc(C)c1. The summed E-state index contributed by atoms with van der Waals surface area (Å²) < 4.78 is 49.2. The van der Waals surface area contributed by atoms with Gasteiger partial charge in [-0.2, -0.15) is 13.2 Å². The molecular weight excluding hydrogens is 445 g/mol. The van der Waals surface area contributed by atoms with Crippen molar-refractivity contribution in [2.24, 2.45) is 0 Å². The van der Waals surface area contributed by atoms with Gasteiger partial charge in [0.2, 0.25) is 5.88 Å². The summed E-state index contributed by atoms with van der Waals surface area (Å²) in [6.45, 7) is 4.38. The molecule has 7 nitrogen and oxygen atoms in total. The average molecular weight is 468 g/mol. The van der Waals surface area contributed by atoms with Gasteiger partial charge in [-0.15, -0.1) is 5.10 Å². The van der Waals surface area contributed by atoms with Gasteiger partial charge in [0.15, 0.2) is 5.82 Å². The average Bonchev–Trinajstić information content (AvgIpc) is 3.44. The predicted octanol–water partition coefficient (Wildman–Crippen LogP) is 5.10. The van der Waals surface area contributed by atoms with Crippen molar-refractivity contribution in [3.63, 3.8) is 0 Å². The van der Waals surface area contributed by atoms with Crippen LogP contribution in [0.2, 0.25) is 0 Å². The lowest BCUT2D eigenvalue weighted by Gasteiger charge is -2.24. The minimum absolute atomic E-state index is 0.271. The smallest absolute Gasteiger partial charge is 0.416 e. The fourth-order valence-corrected chi connectivity index (χ4v) is 4.40. The Kier molecular flexibility index (Phi) is 5.38. The molecule has 5 rings (SSSR count). The molecule has 0 saturated heterocycles. The first kappa shape index (κ1) is 22.1. The van der Waals surface area contributed by atoms with E-state index in [1.807, 2.05) is 30.7 Å². The fourth-order valence-electron chi connectivity index (χ4n) is 4.40. The summed E-state index contributed by atoms with van der Waals surface area (Å²) >= 11 is 0. The molecule has 0 saturated carbocycles. The Morgan fingerprint density at radius 2 is 1.91 bits per heavy atom. The Morgan fingerprint density at radius 3 is 2.62 bits per heavy atom. The molecule has 0 unspecified atom stereocenters. The van der Waals surface area contributed by atoms with Gasteiger partial charge in [0, 0.05) is 18.7 Å². The summed E-state index contributed by atoms with van der Waals surface area (Å²) in [5.74, 6) is 1.19. The van der Waals surface area contributed by atoms with Gasteiger partial charge in [-0.3, -0.25) is 0 Å². The van der Waals surface area contributed by atoms with E-state index < -0.39 is 11.7 Å². The summed E-state index contributed by atoms with van der Waals surface area (Å²) in [5.41, 5.74) is 2.90. The molecule has 1 atom stereocenters. The number of aryl methyl sites for hydroxylation is 3. The molecule has 0 N–H and O–H groups in total. The molecule has 3 aromatic heterocycles. The molecule has 0 radical (unpaired) electrons. The van der Waals surface area contributed by atoms with Gasteiger partial charge < -0.3 is 9.30 Å². The minimum Gasteiger partial charge on any atom is -0.479 e. The number of benzene rings is 1. The van der Waals surface area contributed by atoms with Crippen LogP contribution in [0.3, 0.4) is 0 Å². The Morgan fingerprint density at radius 1 is 1.09 bits per heavy atom. The number of hydrogen-bond acceptors (Lipinski definition) is 5. The summed E-state index contributed by atoms with van der Waals surface area (Å²) in [5, 5.41) is 4.63. The Labute approximate surface area is 194 Å². The van der Waals surface area contributed by atoms with E-state index in [2.05, 4.69) is 15.1 Å². The lowest BCUT2D eigenvalue weighted by Crippen LogP contribution is -2.19. The van der Waals surface area contributed by atoms with Crippen molar-refractivity contribution in [1.82, 2.24) is 29.3 Å². The number of alkyl halides is 3. The van der Waals surface area contributed by atoms with Gasteiger partial charge in [-0.25, -0.2) is 19.6 Å². The highest BCUT2D eigenvalue weighted by Gasteiger charge is 2.33. The maximum absolute atomic E-state index is 13.4. The van der Waals surface area contributed by atoms with E-state index in [0.29, 0.717) is 41.8 Å².